The molecule has 42 heavy (non-hydrogen) atoms. The van der Waals surface area contributed by atoms with Crippen molar-refractivity contribution in [2.45, 2.75) is 0 Å². The van der Waals surface area contributed by atoms with Gasteiger partial charge in [-0.15, -0.1) is 0 Å². The lowest BCUT2D eigenvalue weighted by atomic mass is 10.1. The van der Waals surface area contributed by atoms with Crippen molar-refractivity contribution in [1.29, 1.82) is 0 Å². The molecule has 0 radical (unpaired) electrons. The third kappa shape index (κ3) is 5.20. The van der Waals surface area contributed by atoms with Crippen LogP contribution in [0.4, 0.5) is 15.8 Å². The van der Waals surface area contributed by atoms with Gasteiger partial charge in [0.2, 0.25) is 5.88 Å². The van der Waals surface area contributed by atoms with Crippen molar-refractivity contribution in [3.8, 4) is 28.4 Å². The number of amides is 1. The van der Waals surface area contributed by atoms with Crippen LogP contribution in [0.25, 0.3) is 27.8 Å². The second-order valence-electron chi connectivity index (χ2n) is 9.70. The molecule has 1 amide bonds. The van der Waals surface area contributed by atoms with Gasteiger partial charge in [-0.25, -0.2) is 14.4 Å². The van der Waals surface area contributed by atoms with Crippen LogP contribution < -0.4 is 20.5 Å². The molecule has 0 aliphatic heterocycles. The first-order valence-corrected chi connectivity index (χ1v) is 13.0. The molecule has 0 saturated heterocycles. The van der Waals surface area contributed by atoms with Gasteiger partial charge in [-0.2, -0.15) is 0 Å². The molecule has 3 aromatic carbocycles. The zero-order valence-corrected chi connectivity index (χ0v) is 22.7. The molecule has 10 heteroatoms. The number of benzene rings is 3. The number of hydrogen-bond acceptors (Lipinski definition) is 6. The fourth-order valence-corrected chi connectivity index (χ4v) is 4.58. The number of halogens is 1. The van der Waals surface area contributed by atoms with E-state index in [0.717, 1.165) is 22.2 Å². The summed E-state index contributed by atoms with van der Waals surface area (Å²) in [5.41, 5.74) is 3.95. The van der Waals surface area contributed by atoms with E-state index in [1.165, 1.54) is 47.4 Å². The molecule has 0 fully saturated rings. The molecule has 3 aromatic heterocycles. The Hall–Kier alpha value is -5.77. The van der Waals surface area contributed by atoms with Gasteiger partial charge in [-0.1, -0.05) is 12.1 Å². The minimum atomic E-state index is -0.570. The van der Waals surface area contributed by atoms with Gasteiger partial charge in [0.05, 0.1) is 5.39 Å². The summed E-state index contributed by atoms with van der Waals surface area (Å²) in [4.78, 5) is 39.9. The molecule has 0 bridgehead atoms. The normalized spacial score (nSPS) is 10.9. The van der Waals surface area contributed by atoms with Crippen LogP contribution in [0.3, 0.4) is 0 Å². The molecule has 0 spiro atoms. The number of hydrogen-bond donors (Lipinski definition) is 2. The number of aromatic amines is 1. The van der Waals surface area contributed by atoms with E-state index in [-0.39, 0.29) is 5.56 Å². The van der Waals surface area contributed by atoms with Crippen molar-refractivity contribution < 1.29 is 13.9 Å². The average Bonchev–Trinajstić information content (AvgIpc) is 3.44. The summed E-state index contributed by atoms with van der Waals surface area (Å²) in [6, 6.07) is 23.4. The molecule has 0 saturated carbocycles. The van der Waals surface area contributed by atoms with Gasteiger partial charge in [-0.05, 0) is 78.4 Å². The fraction of sp³-hybridized carbons (Fsp3) is 0.0625. The third-order valence-electron chi connectivity index (χ3n) is 6.73. The van der Waals surface area contributed by atoms with Crippen LogP contribution in [0.1, 0.15) is 10.4 Å². The number of carbonyl (C=O) groups is 1. The van der Waals surface area contributed by atoms with Crippen LogP contribution in [-0.4, -0.2) is 39.5 Å². The highest BCUT2D eigenvalue weighted by Gasteiger charge is 2.16. The van der Waals surface area contributed by atoms with E-state index < -0.39 is 17.3 Å². The van der Waals surface area contributed by atoms with Crippen LogP contribution in [0.2, 0.25) is 0 Å². The summed E-state index contributed by atoms with van der Waals surface area (Å²) in [5, 5.41) is 3.49. The number of fused-ring (bicyclic) bond motifs is 1. The van der Waals surface area contributed by atoms with Crippen molar-refractivity contribution in [1.82, 2.24) is 19.5 Å². The minimum Gasteiger partial charge on any atom is -0.438 e. The summed E-state index contributed by atoms with van der Waals surface area (Å²) in [7, 11) is 3.98. The van der Waals surface area contributed by atoms with Crippen molar-refractivity contribution in [3.05, 3.63) is 125 Å². The topological polar surface area (TPSA) is 105 Å². The van der Waals surface area contributed by atoms with E-state index in [1.54, 1.807) is 30.3 Å². The number of carbonyl (C=O) groups excluding carboxylic acids is 1. The number of nitrogens with one attached hydrogen (secondary N) is 2. The Kier molecular flexibility index (Phi) is 6.93. The fourth-order valence-electron chi connectivity index (χ4n) is 4.58. The lowest BCUT2D eigenvalue weighted by molar-refractivity contribution is 0.102. The predicted molar refractivity (Wildman–Crippen MR) is 160 cm³/mol. The Morgan fingerprint density at radius 1 is 0.976 bits per heavy atom. The quantitative estimate of drug-likeness (QED) is 0.247. The summed E-state index contributed by atoms with van der Waals surface area (Å²) in [6.45, 7) is 0. The Morgan fingerprint density at radius 3 is 2.52 bits per heavy atom. The molecule has 3 heterocycles. The SMILES string of the molecule is CN(C)c1cccc(-c2c[nH]c3ncnc(Oc4ccc(NC(=O)c5cccn(-c6ccc(F)cc6)c5=O)cc4)c23)c1. The van der Waals surface area contributed by atoms with Gasteiger partial charge in [0.1, 0.15) is 29.1 Å². The van der Waals surface area contributed by atoms with E-state index in [0.29, 0.717) is 28.7 Å². The Balaban J connectivity index is 1.22. The summed E-state index contributed by atoms with van der Waals surface area (Å²) >= 11 is 0. The van der Waals surface area contributed by atoms with E-state index in [1.807, 2.05) is 43.4 Å². The molecule has 9 nitrogen and oxygen atoms in total. The van der Waals surface area contributed by atoms with Crippen molar-refractivity contribution >= 4 is 28.3 Å². The maximum atomic E-state index is 13.3. The van der Waals surface area contributed by atoms with Crippen LogP contribution >= 0.6 is 0 Å². The average molecular weight is 561 g/mol. The molecule has 2 N–H and O–H groups in total. The van der Waals surface area contributed by atoms with Crippen LogP contribution in [-0.2, 0) is 0 Å². The van der Waals surface area contributed by atoms with Gasteiger partial charge in [-0.3, -0.25) is 14.2 Å². The summed E-state index contributed by atoms with van der Waals surface area (Å²) in [5.74, 6) is -0.102. The third-order valence-corrected chi connectivity index (χ3v) is 6.73. The van der Waals surface area contributed by atoms with Crippen LogP contribution in [0, 0.1) is 5.82 Å². The van der Waals surface area contributed by atoms with Crippen molar-refractivity contribution in [2.75, 3.05) is 24.3 Å². The number of aromatic nitrogens is 4. The number of anilines is 2. The van der Waals surface area contributed by atoms with Gasteiger partial charge in [0.15, 0.2) is 0 Å². The molecule has 0 aliphatic carbocycles. The zero-order valence-electron chi connectivity index (χ0n) is 22.7. The van der Waals surface area contributed by atoms with Crippen LogP contribution in [0.15, 0.2) is 108 Å². The van der Waals surface area contributed by atoms with Crippen LogP contribution in [0.5, 0.6) is 11.6 Å². The Morgan fingerprint density at radius 2 is 1.76 bits per heavy atom. The van der Waals surface area contributed by atoms with Gasteiger partial charge < -0.3 is 19.9 Å². The van der Waals surface area contributed by atoms with E-state index >= 15 is 0 Å². The molecule has 0 aliphatic rings. The summed E-state index contributed by atoms with van der Waals surface area (Å²) < 4.78 is 20.8. The highest BCUT2D eigenvalue weighted by molar-refractivity contribution is 6.04. The molecule has 6 aromatic rings. The number of nitrogens with zero attached hydrogens (tertiary/aromatic N) is 4. The molecule has 0 unspecified atom stereocenters. The first kappa shape index (κ1) is 26.5. The molecule has 6 rings (SSSR count). The summed E-state index contributed by atoms with van der Waals surface area (Å²) in [6.07, 6.45) is 4.84. The number of ether oxygens (including phenoxy) is 1. The Labute approximate surface area is 239 Å². The van der Waals surface area contributed by atoms with E-state index in [2.05, 4.69) is 26.3 Å². The maximum absolute atomic E-state index is 13.3. The highest BCUT2D eigenvalue weighted by atomic mass is 19.1. The number of H-pyrrole nitrogens is 1. The van der Waals surface area contributed by atoms with Crippen molar-refractivity contribution in [2.24, 2.45) is 0 Å². The maximum Gasteiger partial charge on any atom is 0.267 e. The van der Waals surface area contributed by atoms with E-state index in [9.17, 15) is 14.0 Å². The van der Waals surface area contributed by atoms with E-state index in [4.69, 9.17) is 4.74 Å². The predicted octanol–water partition coefficient (Wildman–Crippen LogP) is 6.03. The largest absolute Gasteiger partial charge is 0.438 e. The smallest absolute Gasteiger partial charge is 0.267 e. The van der Waals surface area contributed by atoms with Gasteiger partial charge >= 0.3 is 0 Å². The minimum absolute atomic E-state index is 0.0520. The molecular weight excluding hydrogens is 535 g/mol. The first-order chi connectivity index (χ1) is 20.4. The number of rotatable bonds is 7. The molecule has 208 valence electrons. The first-order valence-electron chi connectivity index (χ1n) is 13.0. The van der Waals surface area contributed by atoms with Gasteiger partial charge in [0.25, 0.3) is 11.5 Å². The highest BCUT2D eigenvalue weighted by Crippen LogP contribution is 2.36. The monoisotopic (exact) mass is 560 g/mol. The van der Waals surface area contributed by atoms with Gasteiger partial charge in [0, 0.05) is 49.1 Å². The lowest BCUT2D eigenvalue weighted by Gasteiger charge is -2.13. The second kappa shape index (κ2) is 11.0. The Bertz CT molecular complexity index is 1960. The standard InChI is InChI=1S/C32H25FN6O3/c1-38(2)24-6-3-5-20(17-24)27-18-34-29-28(27)31(36-19-35-29)42-25-14-10-22(11-15-25)37-30(40)26-7-4-16-39(32(26)41)23-12-8-21(33)9-13-23/h3-19H,1-2H3,(H,37,40)(H,34,35,36). The lowest BCUT2D eigenvalue weighted by Crippen LogP contribution is -2.27. The molecular formula is C32H25FN6O3. The zero-order chi connectivity index (χ0) is 29.2. The number of pyridine rings is 1. The van der Waals surface area contributed by atoms with Crippen molar-refractivity contribution in [3.63, 3.8) is 0 Å². The second-order valence-corrected chi connectivity index (χ2v) is 9.70. The molecule has 0 atom stereocenters.